The summed E-state index contributed by atoms with van der Waals surface area (Å²) in [5.41, 5.74) is 11.7. The van der Waals surface area contributed by atoms with Crippen LogP contribution in [-0.2, 0) is 0 Å². The minimum absolute atomic E-state index is 0.374. The number of hydrogen-bond donors (Lipinski definition) is 2. The Kier molecular flexibility index (Phi) is 3.34. The molecule has 66 valence electrons. The van der Waals surface area contributed by atoms with Crippen LogP contribution in [0, 0.1) is 11.8 Å². The Morgan fingerprint density at radius 1 is 1.45 bits per heavy atom. The molecule has 2 unspecified atom stereocenters. The highest BCUT2D eigenvalue weighted by Crippen LogP contribution is 2.31. The van der Waals surface area contributed by atoms with Gasteiger partial charge in [0.25, 0.3) is 0 Å². The molecule has 2 heteroatoms. The Hall–Kier alpha value is -0.0800. The Morgan fingerprint density at radius 2 is 2.09 bits per heavy atom. The first kappa shape index (κ1) is 9.01. The monoisotopic (exact) mass is 156 g/mol. The number of rotatable bonds is 4. The van der Waals surface area contributed by atoms with E-state index in [-0.39, 0.29) is 0 Å². The third-order valence-electron chi connectivity index (χ3n) is 3.07. The minimum Gasteiger partial charge on any atom is -0.330 e. The molecule has 0 amide bonds. The summed E-state index contributed by atoms with van der Waals surface area (Å²) < 4.78 is 0. The summed E-state index contributed by atoms with van der Waals surface area (Å²) >= 11 is 0. The summed E-state index contributed by atoms with van der Waals surface area (Å²) in [5.74, 6) is 1.34. The molecule has 2 atom stereocenters. The van der Waals surface area contributed by atoms with Gasteiger partial charge in [-0.1, -0.05) is 19.8 Å². The van der Waals surface area contributed by atoms with Crippen molar-refractivity contribution in [1.82, 2.24) is 0 Å². The molecule has 0 aromatic heterocycles. The van der Waals surface area contributed by atoms with Crippen LogP contribution in [0.4, 0.5) is 0 Å². The number of nitrogens with two attached hydrogens (primary N) is 2. The Bertz CT molecular complexity index is 106. The zero-order valence-corrected chi connectivity index (χ0v) is 7.42. The first-order valence-electron chi connectivity index (χ1n) is 4.75. The van der Waals surface area contributed by atoms with Crippen LogP contribution >= 0.6 is 0 Å². The summed E-state index contributed by atoms with van der Waals surface area (Å²) in [6.07, 6.45) is 5.17. The van der Waals surface area contributed by atoms with Gasteiger partial charge in [0.15, 0.2) is 0 Å². The highest BCUT2D eigenvalue weighted by molar-refractivity contribution is 4.85. The molecule has 2 nitrogen and oxygen atoms in total. The second-order valence-corrected chi connectivity index (χ2v) is 3.67. The molecule has 1 rings (SSSR count). The molecule has 0 aromatic carbocycles. The van der Waals surface area contributed by atoms with E-state index in [2.05, 4.69) is 6.92 Å². The van der Waals surface area contributed by atoms with Crippen molar-refractivity contribution in [3.05, 3.63) is 0 Å². The van der Waals surface area contributed by atoms with Gasteiger partial charge in [0, 0.05) is 6.04 Å². The van der Waals surface area contributed by atoms with Crippen LogP contribution in [-0.4, -0.2) is 12.6 Å². The lowest BCUT2D eigenvalue weighted by atomic mass is 9.75. The summed E-state index contributed by atoms with van der Waals surface area (Å²) in [7, 11) is 0. The van der Waals surface area contributed by atoms with Crippen LogP contribution in [0.3, 0.4) is 0 Å². The third kappa shape index (κ3) is 1.94. The van der Waals surface area contributed by atoms with Crippen molar-refractivity contribution >= 4 is 0 Å². The molecule has 0 saturated heterocycles. The molecule has 1 fully saturated rings. The van der Waals surface area contributed by atoms with Gasteiger partial charge >= 0.3 is 0 Å². The van der Waals surface area contributed by atoms with E-state index in [0.29, 0.717) is 12.0 Å². The fourth-order valence-corrected chi connectivity index (χ4v) is 1.81. The van der Waals surface area contributed by atoms with Gasteiger partial charge in [-0.05, 0) is 31.2 Å². The maximum absolute atomic E-state index is 6.06. The van der Waals surface area contributed by atoms with E-state index in [1.807, 2.05) is 0 Å². The predicted octanol–water partition coefficient (Wildman–Crippen LogP) is 1.10. The first-order valence-corrected chi connectivity index (χ1v) is 4.75. The van der Waals surface area contributed by atoms with Gasteiger partial charge in [0.1, 0.15) is 0 Å². The zero-order chi connectivity index (χ0) is 8.27. The SMILES string of the molecule is CCC(CN)C(N)C1CCC1. The highest BCUT2D eigenvalue weighted by Gasteiger charge is 2.28. The van der Waals surface area contributed by atoms with E-state index in [0.717, 1.165) is 18.9 Å². The lowest BCUT2D eigenvalue weighted by Crippen LogP contribution is -2.43. The molecule has 0 spiro atoms. The molecule has 0 bridgehead atoms. The molecule has 4 N–H and O–H groups in total. The molecule has 1 aliphatic carbocycles. The molecule has 0 heterocycles. The average molecular weight is 156 g/mol. The van der Waals surface area contributed by atoms with Crippen LogP contribution in [0.2, 0.25) is 0 Å². The smallest absolute Gasteiger partial charge is 0.0108 e. The van der Waals surface area contributed by atoms with Gasteiger partial charge in [0.2, 0.25) is 0 Å². The number of hydrogen-bond acceptors (Lipinski definition) is 2. The van der Waals surface area contributed by atoms with Gasteiger partial charge in [-0.15, -0.1) is 0 Å². The van der Waals surface area contributed by atoms with E-state index >= 15 is 0 Å². The van der Waals surface area contributed by atoms with Crippen LogP contribution in [0.5, 0.6) is 0 Å². The zero-order valence-electron chi connectivity index (χ0n) is 7.42. The molecule has 1 saturated carbocycles. The van der Waals surface area contributed by atoms with E-state index in [1.54, 1.807) is 0 Å². The Labute approximate surface area is 69.3 Å². The normalized spacial score (nSPS) is 24.3. The minimum atomic E-state index is 0.374. The van der Waals surface area contributed by atoms with E-state index < -0.39 is 0 Å². The van der Waals surface area contributed by atoms with Gasteiger partial charge in [-0.25, -0.2) is 0 Å². The quantitative estimate of drug-likeness (QED) is 0.640. The topological polar surface area (TPSA) is 52.0 Å². The van der Waals surface area contributed by atoms with Crippen LogP contribution < -0.4 is 11.5 Å². The van der Waals surface area contributed by atoms with E-state index in [4.69, 9.17) is 11.5 Å². The highest BCUT2D eigenvalue weighted by atomic mass is 14.7. The Balaban J connectivity index is 2.30. The fourth-order valence-electron chi connectivity index (χ4n) is 1.81. The second kappa shape index (κ2) is 4.07. The van der Waals surface area contributed by atoms with E-state index in [9.17, 15) is 0 Å². The summed E-state index contributed by atoms with van der Waals surface area (Å²) in [4.78, 5) is 0. The summed E-state index contributed by atoms with van der Waals surface area (Å²) in [6.45, 7) is 2.93. The van der Waals surface area contributed by atoms with Crippen molar-refractivity contribution in [3.8, 4) is 0 Å². The second-order valence-electron chi connectivity index (χ2n) is 3.67. The summed E-state index contributed by atoms with van der Waals surface area (Å²) in [6, 6.07) is 0.374. The van der Waals surface area contributed by atoms with Gasteiger partial charge in [0.05, 0.1) is 0 Å². The van der Waals surface area contributed by atoms with Gasteiger partial charge in [-0.2, -0.15) is 0 Å². The molecule has 0 aromatic rings. The Morgan fingerprint density at radius 3 is 2.36 bits per heavy atom. The largest absolute Gasteiger partial charge is 0.330 e. The third-order valence-corrected chi connectivity index (χ3v) is 3.07. The maximum atomic E-state index is 6.06. The van der Waals surface area contributed by atoms with Crippen molar-refractivity contribution in [2.24, 2.45) is 23.3 Å². The lowest BCUT2D eigenvalue weighted by molar-refractivity contribution is 0.207. The summed E-state index contributed by atoms with van der Waals surface area (Å²) in [5, 5.41) is 0. The predicted molar refractivity (Wildman–Crippen MR) is 48.2 cm³/mol. The molecular weight excluding hydrogens is 136 g/mol. The lowest BCUT2D eigenvalue weighted by Gasteiger charge is -2.35. The van der Waals surface area contributed by atoms with Crippen molar-refractivity contribution in [2.75, 3.05) is 6.54 Å². The van der Waals surface area contributed by atoms with E-state index in [1.165, 1.54) is 19.3 Å². The average Bonchev–Trinajstić information content (AvgIpc) is 1.86. The van der Waals surface area contributed by atoms with Crippen LogP contribution in [0.15, 0.2) is 0 Å². The van der Waals surface area contributed by atoms with Gasteiger partial charge < -0.3 is 11.5 Å². The van der Waals surface area contributed by atoms with Crippen LogP contribution in [0.25, 0.3) is 0 Å². The van der Waals surface area contributed by atoms with Crippen molar-refractivity contribution in [3.63, 3.8) is 0 Å². The molecular formula is C9H20N2. The molecule has 0 aliphatic heterocycles. The first-order chi connectivity index (χ1) is 5.29. The van der Waals surface area contributed by atoms with Crippen molar-refractivity contribution < 1.29 is 0 Å². The standard InChI is InChI=1S/C9H20N2/c1-2-7(6-10)9(11)8-4-3-5-8/h7-9H,2-6,10-11H2,1H3. The van der Waals surface area contributed by atoms with Crippen LogP contribution in [0.1, 0.15) is 32.6 Å². The molecule has 11 heavy (non-hydrogen) atoms. The maximum Gasteiger partial charge on any atom is 0.0108 e. The van der Waals surface area contributed by atoms with Crippen molar-refractivity contribution in [2.45, 2.75) is 38.6 Å². The fraction of sp³-hybridized carbons (Fsp3) is 1.00. The molecule has 1 aliphatic rings. The van der Waals surface area contributed by atoms with Crippen molar-refractivity contribution in [1.29, 1.82) is 0 Å². The van der Waals surface area contributed by atoms with Gasteiger partial charge in [-0.3, -0.25) is 0 Å². The molecule has 0 radical (unpaired) electrons.